The summed E-state index contributed by atoms with van der Waals surface area (Å²) in [5, 5.41) is 0.539. The van der Waals surface area contributed by atoms with Gasteiger partial charge in [-0.25, -0.2) is 0 Å². The van der Waals surface area contributed by atoms with Gasteiger partial charge in [0, 0.05) is 17.9 Å². The largest absolute Gasteiger partial charge is 0.426 e. The highest BCUT2D eigenvalue weighted by Gasteiger charge is 2.00. The smallest absolute Gasteiger partial charge is 0.311 e. The number of ether oxygens (including phenoxy) is 1. The van der Waals surface area contributed by atoms with Crippen LogP contribution in [0.25, 0.3) is 0 Å². The minimum absolute atomic E-state index is 0.191. The molecule has 0 rings (SSSR count). The Bertz CT molecular complexity index is 341. The molecule has 0 N–H and O–H groups in total. The molecule has 3 heteroatoms. The van der Waals surface area contributed by atoms with Crippen molar-refractivity contribution in [2.24, 2.45) is 0 Å². The first-order valence-corrected chi connectivity index (χ1v) is 8.46. The van der Waals surface area contributed by atoms with E-state index in [-0.39, 0.29) is 5.97 Å². The molecule has 0 aliphatic heterocycles. The molecule has 0 aliphatic carbocycles. The average Bonchev–Trinajstić information content (AvgIpc) is 2.45. The van der Waals surface area contributed by atoms with Crippen molar-refractivity contribution >= 4 is 17.6 Å². The Balaban J connectivity index is 3.38. The third kappa shape index (κ3) is 17.0. The summed E-state index contributed by atoms with van der Waals surface area (Å²) < 4.78 is 4.92. The van der Waals surface area contributed by atoms with E-state index in [0.29, 0.717) is 17.9 Å². The predicted molar refractivity (Wildman–Crippen MR) is 90.2 cm³/mol. The molecule has 0 fully saturated rings. The molecule has 0 radical (unpaired) electrons. The summed E-state index contributed by atoms with van der Waals surface area (Å²) in [5.74, 6) is -0.191. The van der Waals surface area contributed by atoms with Crippen LogP contribution >= 0.6 is 11.6 Å². The second kappa shape index (κ2) is 15.4. The summed E-state index contributed by atoms with van der Waals surface area (Å²) in [6.07, 6.45) is 15.2. The van der Waals surface area contributed by atoms with Gasteiger partial charge in [-0.15, -0.1) is 0 Å². The maximum atomic E-state index is 11.4. The number of allylic oxidation sites excluding steroid dienone is 2. The molecule has 0 unspecified atom stereocenters. The third-order valence-electron chi connectivity index (χ3n) is 3.18. The summed E-state index contributed by atoms with van der Waals surface area (Å²) >= 11 is 5.58. The molecule has 120 valence electrons. The molecule has 0 aromatic carbocycles. The minimum Gasteiger partial charge on any atom is -0.426 e. The normalized spacial score (nSPS) is 9.81. The van der Waals surface area contributed by atoms with Crippen LogP contribution in [0.2, 0.25) is 0 Å². The number of rotatable bonds is 13. The van der Waals surface area contributed by atoms with E-state index in [1.165, 1.54) is 51.2 Å². The van der Waals surface area contributed by atoms with Gasteiger partial charge in [-0.05, 0) is 12.5 Å². The topological polar surface area (TPSA) is 26.3 Å². The minimum atomic E-state index is -0.191. The van der Waals surface area contributed by atoms with E-state index in [4.69, 9.17) is 16.3 Å². The molecule has 0 amide bonds. The van der Waals surface area contributed by atoms with Crippen molar-refractivity contribution < 1.29 is 9.53 Å². The molecular formula is C18H29ClO2. The van der Waals surface area contributed by atoms with E-state index < -0.39 is 0 Å². The molecule has 0 bridgehead atoms. The number of hydrogen-bond acceptors (Lipinski definition) is 2. The Kier molecular flexibility index (Phi) is 14.7. The van der Waals surface area contributed by atoms with Crippen LogP contribution in [-0.2, 0) is 9.53 Å². The molecule has 0 saturated heterocycles. The fraction of sp³-hybridized carbons (Fsp3) is 0.667. The van der Waals surface area contributed by atoms with E-state index in [2.05, 4.69) is 19.2 Å². The second-order valence-electron chi connectivity index (χ2n) is 5.28. The van der Waals surface area contributed by atoms with Crippen molar-refractivity contribution in [1.82, 2.24) is 0 Å². The molecule has 0 atom stereocenters. The second-order valence-corrected chi connectivity index (χ2v) is 5.81. The van der Waals surface area contributed by atoms with Crippen LogP contribution in [0, 0.1) is 0 Å². The Morgan fingerprint density at radius 2 is 1.67 bits per heavy atom. The van der Waals surface area contributed by atoms with Crippen LogP contribution in [0.3, 0.4) is 0 Å². The van der Waals surface area contributed by atoms with Gasteiger partial charge in [0.05, 0.1) is 0 Å². The molecule has 0 aromatic rings. The van der Waals surface area contributed by atoms with Crippen molar-refractivity contribution in [3.63, 3.8) is 0 Å². The van der Waals surface area contributed by atoms with Crippen LogP contribution in [0.5, 0.6) is 0 Å². The van der Waals surface area contributed by atoms with Gasteiger partial charge in [0.1, 0.15) is 6.26 Å². The number of hydrogen-bond donors (Lipinski definition) is 0. The van der Waals surface area contributed by atoms with Crippen molar-refractivity contribution in [2.75, 3.05) is 0 Å². The van der Waals surface area contributed by atoms with Gasteiger partial charge >= 0.3 is 5.97 Å². The fourth-order valence-corrected chi connectivity index (χ4v) is 2.03. The van der Waals surface area contributed by atoms with E-state index in [1.54, 1.807) is 6.08 Å². The van der Waals surface area contributed by atoms with Crippen molar-refractivity contribution in [3.05, 3.63) is 29.7 Å². The van der Waals surface area contributed by atoms with E-state index in [1.807, 2.05) is 0 Å². The highest BCUT2D eigenvalue weighted by molar-refractivity contribution is 6.29. The van der Waals surface area contributed by atoms with Crippen LogP contribution < -0.4 is 0 Å². The van der Waals surface area contributed by atoms with E-state index in [0.717, 1.165) is 12.8 Å². The van der Waals surface area contributed by atoms with Gasteiger partial charge in [-0.1, -0.05) is 82.2 Å². The van der Waals surface area contributed by atoms with Crippen molar-refractivity contribution in [3.8, 4) is 0 Å². The number of halogens is 1. The molecule has 21 heavy (non-hydrogen) atoms. The van der Waals surface area contributed by atoms with Gasteiger partial charge in [0.15, 0.2) is 0 Å². The molecule has 0 saturated carbocycles. The molecular weight excluding hydrogens is 284 g/mol. The number of carbonyl (C=O) groups excluding carboxylic acids is 1. The monoisotopic (exact) mass is 312 g/mol. The highest BCUT2D eigenvalue weighted by Crippen LogP contribution is 2.10. The molecule has 0 aromatic heterocycles. The maximum absolute atomic E-state index is 11.4. The number of carbonyl (C=O) groups is 1. The summed E-state index contributed by atoms with van der Waals surface area (Å²) in [4.78, 5) is 11.4. The predicted octanol–water partition coefficient (Wildman–Crippen LogP) is 6.26. The molecule has 0 aliphatic rings. The van der Waals surface area contributed by atoms with Crippen LogP contribution in [0.15, 0.2) is 29.7 Å². The summed E-state index contributed by atoms with van der Waals surface area (Å²) in [5.41, 5.74) is 2.74. The standard InChI is InChI=1S/C18H29ClO2/c1-3-4-5-6-7-8-9-10-11-15-18(20)21-16-13-12-14-17(2)19/h12,16H,2-11,14-15H2,1H3. The van der Waals surface area contributed by atoms with Gasteiger partial charge in [0.25, 0.3) is 0 Å². The lowest BCUT2D eigenvalue weighted by molar-refractivity contribution is -0.138. The summed E-state index contributed by atoms with van der Waals surface area (Å²) in [6.45, 7) is 5.78. The summed E-state index contributed by atoms with van der Waals surface area (Å²) in [7, 11) is 0. The maximum Gasteiger partial charge on any atom is 0.311 e. The number of unbranched alkanes of at least 4 members (excludes halogenated alkanes) is 8. The zero-order valence-corrected chi connectivity index (χ0v) is 14.1. The fourth-order valence-electron chi connectivity index (χ4n) is 1.96. The third-order valence-corrected chi connectivity index (χ3v) is 3.34. The lowest BCUT2D eigenvalue weighted by Gasteiger charge is -2.01. The SMILES string of the molecule is C=C(Cl)CC=C=COC(=O)CCCCCCCCCCC. The summed E-state index contributed by atoms with van der Waals surface area (Å²) in [6, 6.07) is 0. The zero-order valence-electron chi connectivity index (χ0n) is 13.3. The quantitative estimate of drug-likeness (QED) is 0.173. The Morgan fingerprint density at radius 3 is 2.24 bits per heavy atom. The first-order valence-electron chi connectivity index (χ1n) is 8.09. The zero-order chi connectivity index (χ0) is 15.8. The van der Waals surface area contributed by atoms with E-state index in [9.17, 15) is 4.79 Å². The van der Waals surface area contributed by atoms with Crippen molar-refractivity contribution in [1.29, 1.82) is 0 Å². The first-order chi connectivity index (χ1) is 10.2. The Labute approximate surface area is 134 Å². The Hall–Kier alpha value is -0.980. The van der Waals surface area contributed by atoms with Gasteiger partial charge in [-0.2, -0.15) is 0 Å². The number of esters is 1. The van der Waals surface area contributed by atoms with Crippen LogP contribution in [0.4, 0.5) is 0 Å². The van der Waals surface area contributed by atoms with Crippen LogP contribution in [-0.4, -0.2) is 5.97 Å². The molecule has 2 nitrogen and oxygen atoms in total. The lowest BCUT2D eigenvalue weighted by atomic mass is 10.1. The van der Waals surface area contributed by atoms with Gasteiger partial charge in [0.2, 0.25) is 0 Å². The first kappa shape index (κ1) is 20.0. The van der Waals surface area contributed by atoms with Gasteiger partial charge < -0.3 is 4.74 Å². The van der Waals surface area contributed by atoms with E-state index >= 15 is 0 Å². The molecule has 0 spiro atoms. The average molecular weight is 313 g/mol. The highest BCUT2D eigenvalue weighted by atomic mass is 35.5. The Morgan fingerprint density at radius 1 is 1.10 bits per heavy atom. The van der Waals surface area contributed by atoms with Gasteiger partial charge in [-0.3, -0.25) is 4.79 Å². The van der Waals surface area contributed by atoms with Crippen molar-refractivity contribution in [2.45, 2.75) is 77.6 Å². The lowest BCUT2D eigenvalue weighted by Crippen LogP contribution is -1.98. The molecule has 0 heterocycles. The van der Waals surface area contributed by atoms with Crippen LogP contribution in [0.1, 0.15) is 77.6 Å².